The minimum absolute atomic E-state index is 0.0144. The highest BCUT2D eigenvalue weighted by Crippen LogP contribution is 2.05. The number of ether oxygens (including phenoxy) is 1. The molecule has 0 atom stereocenters. The van der Waals surface area contributed by atoms with E-state index < -0.39 is 0 Å². The first-order valence-corrected chi connectivity index (χ1v) is 7.42. The van der Waals surface area contributed by atoms with E-state index in [0.29, 0.717) is 38.6 Å². The molecule has 6 nitrogen and oxygen atoms in total. The average molecular weight is 285 g/mol. The molecule has 0 aromatic heterocycles. The molecule has 1 rings (SSSR count). The second-order valence-electron chi connectivity index (χ2n) is 5.58. The third-order valence-corrected chi connectivity index (χ3v) is 3.11. The highest BCUT2D eigenvalue weighted by atomic mass is 16.5. The summed E-state index contributed by atoms with van der Waals surface area (Å²) in [5.41, 5.74) is 0. The van der Waals surface area contributed by atoms with Gasteiger partial charge in [0.25, 0.3) is 0 Å². The van der Waals surface area contributed by atoms with E-state index in [2.05, 4.69) is 29.8 Å². The normalized spacial score (nSPS) is 16.1. The fourth-order valence-electron chi connectivity index (χ4n) is 1.93. The zero-order chi connectivity index (χ0) is 14.8. The van der Waals surface area contributed by atoms with Gasteiger partial charge in [0.1, 0.15) is 0 Å². The predicted octanol–water partition coefficient (Wildman–Crippen LogP) is 0.0335. The largest absolute Gasteiger partial charge is 0.381 e. The molecule has 1 saturated heterocycles. The molecule has 20 heavy (non-hydrogen) atoms. The highest BCUT2D eigenvalue weighted by molar-refractivity contribution is 5.78. The zero-order valence-corrected chi connectivity index (χ0v) is 12.5. The molecule has 0 aromatic rings. The van der Waals surface area contributed by atoms with Gasteiger partial charge in [-0.3, -0.25) is 9.59 Å². The minimum atomic E-state index is -0.0144. The van der Waals surface area contributed by atoms with E-state index >= 15 is 0 Å². The van der Waals surface area contributed by atoms with Gasteiger partial charge < -0.3 is 20.7 Å². The van der Waals surface area contributed by atoms with Crippen molar-refractivity contribution in [3.63, 3.8) is 0 Å². The zero-order valence-electron chi connectivity index (χ0n) is 12.5. The Morgan fingerprint density at radius 2 is 1.90 bits per heavy atom. The molecular formula is C14H27N3O3. The van der Waals surface area contributed by atoms with E-state index in [-0.39, 0.29) is 24.4 Å². The van der Waals surface area contributed by atoms with Gasteiger partial charge in [0.05, 0.1) is 6.54 Å². The van der Waals surface area contributed by atoms with E-state index in [1.165, 1.54) is 0 Å². The van der Waals surface area contributed by atoms with Crippen LogP contribution in [-0.2, 0) is 14.3 Å². The molecule has 0 spiro atoms. The Balaban J connectivity index is 1.99. The van der Waals surface area contributed by atoms with Crippen LogP contribution in [0.5, 0.6) is 0 Å². The summed E-state index contributed by atoms with van der Waals surface area (Å²) in [6.07, 6.45) is 2.16. The molecule has 1 heterocycles. The summed E-state index contributed by atoms with van der Waals surface area (Å²) < 4.78 is 5.23. The van der Waals surface area contributed by atoms with E-state index in [1.54, 1.807) is 0 Å². The third-order valence-electron chi connectivity index (χ3n) is 3.11. The van der Waals surface area contributed by atoms with Crippen LogP contribution in [0.2, 0.25) is 0 Å². The Labute approximate surface area is 121 Å². The number of hydrogen-bond donors (Lipinski definition) is 3. The molecule has 0 bridgehead atoms. The number of carbonyl (C=O) groups excluding carboxylic acids is 2. The standard InChI is InChI=1S/C14H27N3O3/c1-11(2)9-16-13(18)3-6-15-10-14(19)17-12-4-7-20-8-5-12/h11-12,15H,3-10H2,1-2H3,(H,16,18)(H,17,19). The molecule has 1 aliphatic heterocycles. The van der Waals surface area contributed by atoms with E-state index in [0.717, 1.165) is 12.8 Å². The van der Waals surface area contributed by atoms with E-state index in [1.807, 2.05) is 0 Å². The molecule has 0 aromatic carbocycles. The maximum Gasteiger partial charge on any atom is 0.234 e. The van der Waals surface area contributed by atoms with Gasteiger partial charge in [0.2, 0.25) is 11.8 Å². The average Bonchev–Trinajstić information content (AvgIpc) is 2.42. The van der Waals surface area contributed by atoms with Crippen molar-refractivity contribution in [2.45, 2.75) is 39.2 Å². The lowest BCUT2D eigenvalue weighted by Crippen LogP contribution is -2.43. The van der Waals surface area contributed by atoms with Crippen LogP contribution >= 0.6 is 0 Å². The topological polar surface area (TPSA) is 79.5 Å². The smallest absolute Gasteiger partial charge is 0.234 e. The molecule has 3 N–H and O–H groups in total. The first-order chi connectivity index (χ1) is 9.58. The van der Waals surface area contributed by atoms with E-state index in [4.69, 9.17) is 4.74 Å². The number of hydrogen-bond acceptors (Lipinski definition) is 4. The molecular weight excluding hydrogens is 258 g/mol. The first kappa shape index (κ1) is 16.9. The summed E-state index contributed by atoms with van der Waals surface area (Å²) in [5, 5.41) is 8.80. The van der Waals surface area contributed by atoms with Crippen LogP contribution < -0.4 is 16.0 Å². The van der Waals surface area contributed by atoms with Crippen molar-refractivity contribution in [3.8, 4) is 0 Å². The van der Waals surface area contributed by atoms with Crippen LogP contribution in [0.3, 0.4) is 0 Å². The SMILES string of the molecule is CC(C)CNC(=O)CCNCC(=O)NC1CCOCC1. The van der Waals surface area contributed by atoms with Crippen molar-refractivity contribution < 1.29 is 14.3 Å². The van der Waals surface area contributed by atoms with Crippen LogP contribution in [-0.4, -0.2) is 50.7 Å². The first-order valence-electron chi connectivity index (χ1n) is 7.42. The number of rotatable bonds is 8. The second-order valence-corrected chi connectivity index (χ2v) is 5.58. The number of amides is 2. The summed E-state index contributed by atoms with van der Waals surface area (Å²) >= 11 is 0. The molecule has 1 fully saturated rings. The van der Waals surface area contributed by atoms with Gasteiger partial charge in [-0.1, -0.05) is 13.8 Å². The van der Waals surface area contributed by atoms with Crippen LogP contribution in [0.4, 0.5) is 0 Å². The number of nitrogens with one attached hydrogen (secondary N) is 3. The second kappa shape index (κ2) is 9.72. The van der Waals surface area contributed by atoms with Gasteiger partial charge in [0, 0.05) is 38.8 Å². The maximum absolute atomic E-state index is 11.7. The highest BCUT2D eigenvalue weighted by Gasteiger charge is 2.15. The molecule has 0 radical (unpaired) electrons. The fourth-order valence-corrected chi connectivity index (χ4v) is 1.93. The quantitative estimate of drug-likeness (QED) is 0.550. The van der Waals surface area contributed by atoms with Crippen molar-refractivity contribution in [2.75, 3.05) is 32.8 Å². The molecule has 0 aliphatic carbocycles. The summed E-state index contributed by atoms with van der Waals surface area (Å²) in [4.78, 5) is 23.1. The van der Waals surface area contributed by atoms with Gasteiger partial charge in [-0.25, -0.2) is 0 Å². The molecule has 0 saturated carbocycles. The Kier molecular flexibility index (Phi) is 8.22. The fraction of sp³-hybridized carbons (Fsp3) is 0.857. The Morgan fingerprint density at radius 3 is 2.55 bits per heavy atom. The number of carbonyl (C=O) groups is 2. The van der Waals surface area contributed by atoms with Crippen LogP contribution in [0.1, 0.15) is 33.1 Å². The van der Waals surface area contributed by atoms with Crippen molar-refractivity contribution in [3.05, 3.63) is 0 Å². The molecule has 6 heteroatoms. The lowest BCUT2D eigenvalue weighted by atomic mass is 10.1. The van der Waals surface area contributed by atoms with Gasteiger partial charge in [-0.05, 0) is 18.8 Å². The van der Waals surface area contributed by atoms with Crippen LogP contribution in [0.15, 0.2) is 0 Å². The molecule has 2 amide bonds. The van der Waals surface area contributed by atoms with Crippen molar-refractivity contribution in [1.29, 1.82) is 0 Å². The molecule has 1 aliphatic rings. The minimum Gasteiger partial charge on any atom is -0.381 e. The predicted molar refractivity (Wildman–Crippen MR) is 77.3 cm³/mol. The van der Waals surface area contributed by atoms with Crippen molar-refractivity contribution in [1.82, 2.24) is 16.0 Å². The summed E-state index contributed by atoms with van der Waals surface area (Å²) in [7, 11) is 0. The Morgan fingerprint density at radius 1 is 1.20 bits per heavy atom. The van der Waals surface area contributed by atoms with Crippen LogP contribution in [0.25, 0.3) is 0 Å². The molecule has 116 valence electrons. The summed E-state index contributed by atoms with van der Waals surface area (Å²) in [6.45, 7) is 7.02. The maximum atomic E-state index is 11.7. The van der Waals surface area contributed by atoms with Gasteiger partial charge in [0.15, 0.2) is 0 Å². The lowest BCUT2D eigenvalue weighted by Gasteiger charge is -2.23. The van der Waals surface area contributed by atoms with Gasteiger partial charge >= 0.3 is 0 Å². The summed E-state index contributed by atoms with van der Waals surface area (Å²) in [5.74, 6) is 0.465. The Hall–Kier alpha value is -1.14. The lowest BCUT2D eigenvalue weighted by molar-refractivity contribution is -0.123. The Bertz CT molecular complexity index is 302. The van der Waals surface area contributed by atoms with Crippen molar-refractivity contribution >= 4 is 11.8 Å². The van der Waals surface area contributed by atoms with E-state index in [9.17, 15) is 9.59 Å². The molecule has 0 unspecified atom stereocenters. The van der Waals surface area contributed by atoms with Gasteiger partial charge in [-0.15, -0.1) is 0 Å². The van der Waals surface area contributed by atoms with Crippen LogP contribution in [0, 0.1) is 5.92 Å². The summed E-state index contributed by atoms with van der Waals surface area (Å²) in [6, 6.07) is 0.229. The third kappa shape index (κ3) is 8.12. The monoisotopic (exact) mass is 285 g/mol. The van der Waals surface area contributed by atoms with Crippen molar-refractivity contribution in [2.24, 2.45) is 5.92 Å². The van der Waals surface area contributed by atoms with Gasteiger partial charge in [-0.2, -0.15) is 0 Å².